The van der Waals surface area contributed by atoms with Gasteiger partial charge < -0.3 is 15.5 Å². The Labute approximate surface area is 117 Å². The van der Waals surface area contributed by atoms with E-state index in [9.17, 15) is 0 Å². The first kappa shape index (κ1) is 14.4. The van der Waals surface area contributed by atoms with Gasteiger partial charge in [-0.25, -0.2) is 0 Å². The normalized spacial score (nSPS) is 17.4. The van der Waals surface area contributed by atoms with Crippen LogP contribution < -0.4 is 10.6 Å². The van der Waals surface area contributed by atoms with E-state index < -0.39 is 0 Å². The summed E-state index contributed by atoms with van der Waals surface area (Å²) in [5.41, 5.74) is 10.0. The highest BCUT2D eigenvalue weighted by Crippen LogP contribution is 2.37. The number of nitrogens with two attached hydrogens (primary N) is 1. The van der Waals surface area contributed by atoms with Crippen LogP contribution in [0.5, 0.6) is 0 Å². The van der Waals surface area contributed by atoms with Crippen LogP contribution in [0.15, 0.2) is 18.2 Å². The van der Waals surface area contributed by atoms with Crippen LogP contribution in [0.3, 0.4) is 0 Å². The molecule has 1 aromatic rings. The highest BCUT2D eigenvalue weighted by atomic mass is 15.2. The fourth-order valence-electron chi connectivity index (χ4n) is 3.11. The minimum Gasteiger partial charge on any atom is -0.372 e. The van der Waals surface area contributed by atoms with E-state index in [1.54, 1.807) is 0 Å². The van der Waals surface area contributed by atoms with E-state index >= 15 is 0 Å². The summed E-state index contributed by atoms with van der Waals surface area (Å²) in [6.07, 6.45) is 3.95. The SMILES string of the molecule is Cc1ccc(N(C)CC2(N(C)C)CCC2)c(CN)c1. The van der Waals surface area contributed by atoms with Crippen LogP contribution in [0.1, 0.15) is 30.4 Å². The van der Waals surface area contributed by atoms with Crippen LogP contribution in [0.4, 0.5) is 5.69 Å². The number of hydrogen-bond donors (Lipinski definition) is 1. The van der Waals surface area contributed by atoms with Gasteiger partial charge in [-0.15, -0.1) is 0 Å². The summed E-state index contributed by atoms with van der Waals surface area (Å²) in [4.78, 5) is 4.77. The second-order valence-electron chi connectivity index (χ2n) is 6.16. The van der Waals surface area contributed by atoms with Crippen LogP contribution in [0, 0.1) is 6.92 Å². The molecular weight excluding hydrogens is 234 g/mol. The molecule has 0 saturated heterocycles. The predicted molar refractivity (Wildman–Crippen MR) is 82.6 cm³/mol. The molecule has 0 aliphatic heterocycles. The van der Waals surface area contributed by atoms with Gasteiger partial charge in [0.25, 0.3) is 0 Å². The molecule has 0 unspecified atom stereocenters. The zero-order valence-corrected chi connectivity index (χ0v) is 12.7. The van der Waals surface area contributed by atoms with Gasteiger partial charge in [-0.05, 0) is 51.9 Å². The lowest BCUT2D eigenvalue weighted by atomic mass is 9.75. The second kappa shape index (κ2) is 5.51. The zero-order chi connectivity index (χ0) is 14.0. The Morgan fingerprint density at radius 1 is 1.21 bits per heavy atom. The van der Waals surface area contributed by atoms with Gasteiger partial charge in [0.05, 0.1) is 0 Å². The molecule has 1 fully saturated rings. The molecule has 19 heavy (non-hydrogen) atoms. The third kappa shape index (κ3) is 2.77. The molecule has 1 aromatic carbocycles. The first-order valence-corrected chi connectivity index (χ1v) is 7.17. The molecule has 0 aromatic heterocycles. The summed E-state index contributed by atoms with van der Waals surface area (Å²) >= 11 is 0. The van der Waals surface area contributed by atoms with Crippen molar-refractivity contribution in [2.24, 2.45) is 5.73 Å². The second-order valence-corrected chi connectivity index (χ2v) is 6.16. The maximum Gasteiger partial charge on any atom is 0.0410 e. The van der Waals surface area contributed by atoms with Gasteiger partial charge in [-0.1, -0.05) is 17.7 Å². The standard InChI is InChI=1S/C16H27N3/c1-13-6-7-15(14(10-13)11-17)19(4)12-16(18(2)3)8-5-9-16/h6-7,10H,5,8-9,11-12,17H2,1-4H3. The Morgan fingerprint density at radius 3 is 2.37 bits per heavy atom. The Morgan fingerprint density at radius 2 is 1.89 bits per heavy atom. The molecule has 0 heterocycles. The van der Waals surface area contributed by atoms with Gasteiger partial charge in [-0.3, -0.25) is 0 Å². The Hall–Kier alpha value is -1.06. The monoisotopic (exact) mass is 261 g/mol. The van der Waals surface area contributed by atoms with E-state index in [4.69, 9.17) is 5.73 Å². The molecule has 0 amide bonds. The molecule has 2 rings (SSSR count). The first-order chi connectivity index (χ1) is 8.98. The van der Waals surface area contributed by atoms with Crippen LogP contribution in [0.25, 0.3) is 0 Å². The zero-order valence-electron chi connectivity index (χ0n) is 12.7. The number of nitrogens with zero attached hydrogens (tertiary/aromatic N) is 2. The van der Waals surface area contributed by atoms with Crippen molar-refractivity contribution in [1.29, 1.82) is 0 Å². The molecule has 0 radical (unpaired) electrons. The van der Waals surface area contributed by atoms with Crippen LogP contribution in [-0.4, -0.2) is 38.1 Å². The van der Waals surface area contributed by atoms with E-state index in [1.807, 2.05) is 0 Å². The van der Waals surface area contributed by atoms with E-state index in [2.05, 4.69) is 56.1 Å². The number of rotatable bonds is 5. The number of likely N-dealkylation sites (N-methyl/N-ethyl adjacent to an activating group) is 2. The van der Waals surface area contributed by atoms with Crippen molar-refractivity contribution in [2.45, 2.75) is 38.3 Å². The van der Waals surface area contributed by atoms with Crippen molar-refractivity contribution in [3.63, 3.8) is 0 Å². The Balaban J connectivity index is 2.18. The minimum atomic E-state index is 0.353. The third-order valence-corrected chi connectivity index (χ3v) is 4.63. The number of benzene rings is 1. The highest BCUT2D eigenvalue weighted by Gasteiger charge is 2.40. The van der Waals surface area contributed by atoms with E-state index in [1.165, 1.54) is 36.1 Å². The minimum absolute atomic E-state index is 0.353. The van der Waals surface area contributed by atoms with Gasteiger partial charge in [0, 0.05) is 31.4 Å². The molecule has 3 nitrogen and oxygen atoms in total. The summed E-state index contributed by atoms with van der Waals surface area (Å²) in [7, 11) is 6.59. The van der Waals surface area contributed by atoms with E-state index in [0.717, 1.165) is 6.54 Å². The summed E-state index contributed by atoms with van der Waals surface area (Å²) < 4.78 is 0. The van der Waals surface area contributed by atoms with Crippen molar-refractivity contribution in [3.8, 4) is 0 Å². The first-order valence-electron chi connectivity index (χ1n) is 7.17. The van der Waals surface area contributed by atoms with Gasteiger partial charge in [-0.2, -0.15) is 0 Å². The van der Waals surface area contributed by atoms with Crippen molar-refractivity contribution >= 4 is 5.69 Å². The third-order valence-electron chi connectivity index (χ3n) is 4.63. The van der Waals surface area contributed by atoms with Gasteiger partial charge in [0.15, 0.2) is 0 Å². The summed E-state index contributed by atoms with van der Waals surface area (Å²) in [6.45, 7) is 3.81. The number of hydrogen-bond acceptors (Lipinski definition) is 3. The molecule has 0 bridgehead atoms. The lowest BCUT2D eigenvalue weighted by molar-refractivity contribution is 0.0683. The molecule has 0 spiro atoms. The summed E-state index contributed by atoms with van der Waals surface area (Å²) in [5, 5.41) is 0. The fourth-order valence-corrected chi connectivity index (χ4v) is 3.11. The molecule has 2 N–H and O–H groups in total. The molecule has 3 heteroatoms. The van der Waals surface area contributed by atoms with Gasteiger partial charge in [0.1, 0.15) is 0 Å². The van der Waals surface area contributed by atoms with Crippen molar-refractivity contribution in [2.75, 3.05) is 32.6 Å². The Bertz CT molecular complexity index is 436. The maximum absolute atomic E-state index is 5.89. The number of aryl methyl sites for hydroxylation is 1. The van der Waals surface area contributed by atoms with Gasteiger partial charge in [0.2, 0.25) is 0 Å². The largest absolute Gasteiger partial charge is 0.372 e. The number of anilines is 1. The average Bonchev–Trinajstić information content (AvgIpc) is 2.32. The average molecular weight is 261 g/mol. The van der Waals surface area contributed by atoms with Crippen LogP contribution in [0.2, 0.25) is 0 Å². The smallest absolute Gasteiger partial charge is 0.0410 e. The van der Waals surface area contributed by atoms with Crippen LogP contribution in [-0.2, 0) is 6.54 Å². The molecule has 1 aliphatic carbocycles. The van der Waals surface area contributed by atoms with Crippen LogP contribution >= 0.6 is 0 Å². The highest BCUT2D eigenvalue weighted by molar-refractivity contribution is 5.55. The fraction of sp³-hybridized carbons (Fsp3) is 0.625. The summed E-state index contributed by atoms with van der Waals surface area (Å²) in [5.74, 6) is 0. The Kier molecular flexibility index (Phi) is 4.16. The molecule has 1 aliphatic rings. The molecule has 106 valence electrons. The topological polar surface area (TPSA) is 32.5 Å². The van der Waals surface area contributed by atoms with Gasteiger partial charge >= 0.3 is 0 Å². The van der Waals surface area contributed by atoms with E-state index in [-0.39, 0.29) is 0 Å². The van der Waals surface area contributed by atoms with Crippen molar-refractivity contribution in [3.05, 3.63) is 29.3 Å². The summed E-state index contributed by atoms with van der Waals surface area (Å²) in [6, 6.07) is 6.59. The molecular formula is C16H27N3. The van der Waals surface area contributed by atoms with Crippen molar-refractivity contribution in [1.82, 2.24) is 4.90 Å². The lowest BCUT2D eigenvalue weighted by Gasteiger charge is -2.49. The molecule has 1 saturated carbocycles. The van der Waals surface area contributed by atoms with Crippen molar-refractivity contribution < 1.29 is 0 Å². The van der Waals surface area contributed by atoms with E-state index in [0.29, 0.717) is 12.1 Å². The lowest BCUT2D eigenvalue weighted by Crippen LogP contribution is -2.56. The molecule has 0 atom stereocenters. The maximum atomic E-state index is 5.89. The predicted octanol–water partition coefficient (Wildman–Crippen LogP) is 2.37. The quantitative estimate of drug-likeness (QED) is 0.883.